The molecule has 2 aromatic heterocycles. The summed E-state index contributed by atoms with van der Waals surface area (Å²) < 4.78 is 2.39. The third-order valence-electron chi connectivity index (χ3n) is 15.2. The van der Waals surface area contributed by atoms with Gasteiger partial charge in [0.05, 0.1) is 22.4 Å². The molecule has 72 heavy (non-hydrogen) atoms. The Hall–Kier alpha value is -7.11. The van der Waals surface area contributed by atoms with E-state index < -0.39 is 0 Å². The van der Waals surface area contributed by atoms with Crippen molar-refractivity contribution in [3.63, 3.8) is 0 Å². The number of rotatable bonds is 8. The molecule has 0 saturated carbocycles. The molecule has 0 amide bonds. The fourth-order valence-corrected chi connectivity index (χ4v) is 10.5. The van der Waals surface area contributed by atoms with Crippen LogP contribution < -0.4 is 14.7 Å². The van der Waals surface area contributed by atoms with Gasteiger partial charge >= 0.3 is 0 Å². The van der Waals surface area contributed by atoms with Gasteiger partial charge in [-0.25, -0.2) is 4.98 Å². The van der Waals surface area contributed by atoms with E-state index in [1.165, 1.54) is 61.2 Å². The maximum atomic E-state index is 5.17. The minimum absolute atomic E-state index is 0.00769. The Morgan fingerprint density at radius 3 is 1.56 bits per heavy atom. The van der Waals surface area contributed by atoms with Crippen molar-refractivity contribution in [3.05, 3.63) is 209 Å². The molecule has 0 saturated heterocycles. The monoisotopic (exact) mass is 948 g/mol. The number of hydrogen-bond acceptors (Lipinski definition) is 4. The maximum Gasteiger partial charge on any atom is 0.137 e. The lowest BCUT2D eigenvalue weighted by atomic mass is 9.77. The van der Waals surface area contributed by atoms with E-state index in [2.05, 4.69) is 286 Å². The van der Waals surface area contributed by atoms with Crippen LogP contribution in [0.3, 0.4) is 0 Å². The standard InChI is InChI=1S/C67H73N5/c1-63(2,3)45-27-29-46(30-28-45)67(13,14)48-35-36-68-62(41-48)72-58-34-31-47(64(4,5)6)40-57(58)56-33-32-54(43-61(56)72)71(51-21-16-15-17-22-51)53-24-20-23-52(42-53)69-44-70(60-26-19-18-25-59(60)69)55-38-49(65(7,8)9)37-50(39-55)66(10,11)12/h15-43H,44H2,1-14H3. The normalized spacial score (nSPS) is 13.6. The molecule has 3 heterocycles. The Bertz CT molecular complexity index is 3420. The smallest absolute Gasteiger partial charge is 0.137 e. The van der Waals surface area contributed by atoms with Crippen LogP contribution in [0, 0.1) is 0 Å². The predicted octanol–water partition coefficient (Wildman–Crippen LogP) is 18.4. The van der Waals surface area contributed by atoms with Crippen LogP contribution >= 0.6 is 0 Å². The first kappa shape index (κ1) is 48.5. The van der Waals surface area contributed by atoms with Crippen molar-refractivity contribution in [1.82, 2.24) is 9.55 Å². The molecular weight excluding hydrogens is 875 g/mol. The molecule has 1 aliphatic rings. The largest absolute Gasteiger partial charge is 0.321 e. The minimum Gasteiger partial charge on any atom is -0.321 e. The van der Waals surface area contributed by atoms with Gasteiger partial charge in [-0.15, -0.1) is 0 Å². The average molecular weight is 948 g/mol. The first-order valence-corrected chi connectivity index (χ1v) is 25.9. The van der Waals surface area contributed by atoms with Crippen LogP contribution in [0.2, 0.25) is 0 Å². The summed E-state index contributed by atoms with van der Waals surface area (Å²) in [5, 5.41) is 2.42. The molecule has 0 unspecified atom stereocenters. The predicted molar refractivity (Wildman–Crippen MR) is 309 cm³/mol. The van der Waals surface area contributed by atoms with Gasteiger partial charge in [-0.3, -0.25) is 4.57 Å². The molecule has 0 bridgehead atoms. The van der Waals surface area contributed by atoms with Crippen LogP contribution in [0.1, 0.15) is 130 Å². The van der Waals surface area contributed by atoms with E-state index in [4.69, 9.17) is 4.98 Å². The van der Waals surface area contributed by atoms with Crippen molar-refractivity contribution in [2.24, 2.45) is 0 Å². The van der Waals surface area contributed by atoms with E-state index in [0.717, 1.165) is 39.6 Å². The second-order valence-electron chi connectivity index (χ2n) is 24.8. The third-order valence-corrected chi connectivity index (χ3v) is 15.2. The summed E-state index contributed by atoms with van der Waals surface area (Å²) in [6, 6.07) is 63.6. The molecule has 9 aromatic rings. The number of aromatic nitrogens is 2. The summed E-state index contributed by atoms with van der Waals surface area (Å²) in [6.45, 7) is 33.0. The highest BCUT2D eigenvalue weighted by molar-refractivity contribution is 6.10. The highest BCUT2D eigenvalue weighted by Crippen LogP contribution is 2.48. The number of nitrogens with zero attached hydrogens (tertiary/aromatic N) is 5. The summed E-state index contributed by atoms with van der Waals surface area (Å²) in [4.78, 5) is 12.5. The molecule has 0 radical (unpaired) electrons. The molecule has 0 N–H and O–H groups in total. The second kappa shape index (κ2) is 17.6. The molecule has 5 heteroatoms. The Balaban J connectivity index is 1.10. The van der Waals surface area contributed by atoms with Gasteiger partial charge in [-0.2, -0.15) is 0 Å². The zero-order chi connectivity index (χ0) is 51.1. The first-order valence-electron chi connectivity index (χ1n) is 25.9. The van der Waals surface area contributed by atoms with Crippen LogP contribution in [0.25, 0.3) is 27.6 Å². The van der Waals surface area contributed by atoms with Crippen LogP contribution in [0.15, 0.2) is 176 Å². The van der Waals surface area contributed by atoms with Crippen LogP contribution in [0.5, 0.6) is 0 Å². The molecule has 10 rings (SSSR count). The van der Waals surface area contributed by atoms with E-state index in [1.54, 1.807) is 0 Å². The molecule has 366 valence electrons. The first-order chi connectivity index (χ1) is 34.0. The Morgan fingerprint density at radius 1 is 0.375 bits per heavy atom. The Morgan fingerprint density at radius 2 is 0.931 bits per heavy atom. The average Bonchev–Trinajstić information content (AvgIpc) is 3.89. The summed E-state index contributed by atoms with van der Waals surface area (Å²) in [7, 11) is 0. The van der Waals surface area contributed by atoms with Crippen LogP contribution in [-0.2, 0) is 27.1 Å². The van der Waals surface area contributed by atoms with Crippen LogP contribution in [-0.4, -0.2) is 16.2 Å². The molecule has 7 aromatic carbocycles. The third kappa shape index (κ3) is 8.97. The lowest BCUT2D eigenvalue weighted by molar-refractivity contribution is 0.568. The van der Waals surface area contributed by atoms with Crippen molar-refractivity contribution in [2.45, 2.75) is 124 Å². The SMILES string of the molecule is CC(C)(C)c1ccc(C(C)(C)c2ccnc(-n3c4ccc(C(C)(C)C)cc4c4ccc(N(c5ccccc5)c5cccc(N6CN(c7cc(C(C)(C)C)cc(C(C)(C)C)c7)c7ccccc76)c5)cc43)c2)cc1. The van der Waals surface area contributed by atoms with Crippen molar-refractivity contribution in [3.8, 4) is 5.82 Å². The fourth-order valence-electron chi connectivity index (χ4n) is 10.5. The summed E-state index contributed by atoms with van der Waals surface area (Å²) in [6.07, 6.45) is 1.99. The van der Waals surface area contributed by atoms with Crippen LogP contribution in [0.4, 0.5) is 39.8 Å². The van der Waals surface area contributed by atoms with Gasteiger partial charge in [0.2, 0.25) is 0 Å². The van der Waals surface area contributed by atoms with E-state index in [9.17, 15) is 0 Å². The lowest BCUT2D eigenvalue weighted by Gasteiger charge is -2.30. The van der Waals surface area contributed by atoms with E-state index in [-0.39, 0.29) is 27.1 Å². The van der Waals surface area contributed by atoms with Crippen molar-refractivity contribution >= 4 is 61.6 Å². The van der Waals surface area contributed by atoms with Gasteiger partial charge in [0.25, 0.3) is 0 Å². The maximum absolute atomic E-state index is 5.17. The number of hydrogen-bond donors (Lipinski definition) is 0. The zero-order valence-corrected chi connectivity index (χ0v) is 45.2. The number of fused-ring (bicyclic) bond motifs is 4. The van der Waals surface area contributed by atoms with E-state index >= 15 is 0 Å². The number of pyridine rings is 1. The molecule has 0 aliphatic carbocycles. The zero-order valence-electron chi connectivity index (χ0n) is 45.2. The summed E-state index contributed by atoms with van der Waals surface area (Å²) in [5.74, 6) is 0.903. The van der Waals surface area contributed by atoms with Gasteiger partial charge in [0, 0.05) is 50.8 Å². The van der Waals surface area contributed by atoms with Gasteiger partial charge < -0.3 is 14.7 Å². The highest BCUT2D eigenvalue weighted by atomic mass is 15.4. The molecule has 1 aliphatic heterocycles. The number of anilines is 7. The fraction of sp³-hybridized carbons (Fsp3) is 0.299. The van der Waals surface area contributed by atoms with Gasteiger partial charge in [-0.05, 0) is 146 Å². The van der Waals surface area contributed by atoms with E-state index in [0.29, 0.717) is 6.67 Å². The molecule has 0 fully saturated rings. The van der Waals surface area contributed by atoms with Gasteiger partial charge in [0.15, 0.2) is 0 Å². The lowest BCUT2D eigenvalue weighted by Crippen LogP contribution is -2.25. The summed E-state index contributed by atoms with van der Waals surface area (Å²) in [5.41, 5.74) is 17.9. The number of benzene rings is 7. The quantitative estimate of drug-likeness (QED) is 0.152. The number of para-hydroxylation sites is 3. The van der Waals surface area contributed by atoms with Crippen molar-refractivity contribution < 1.29 is 0 Å². The molecular formula is C67H73N5. The Kier molecular flexibility index (Phi) is 11.8. The van der Waals surface area contributed by atoms with Crippen molar-refractivity contribution in [2.75, 3.05) is 21.4 Å². The van der Waals surface area contributed by atoms with Gasteiger partial charge in [0.1, 0.15) is 12.5 Å². The van der Waals surface area contributed by atoms with Gasteiger partial charge in [-0.1, -0.05) is 176 Å². The summed E-state index contributed by atoms with van der Waals surface area (Å²) >= 11 is 0. The second-order valence-corrected chi connectivity index (χ2v) is 24.8. The Labute approximate surface area is 429 Å². The molecule has 0 atom stereocenters. The minimum atomic E-state index is -0.259. The van der Waals surface area contributed by atoms with E-state index in [1.807, 2.05) is 6.20 Å². The molecule has 0 spiro atoms. The topological polar surface area (TPSA) is 27.5 Å². The van der Waals surface area contributed by atoms with Crippen molar-refractivity contribution in [1.29, 1.82) is 0 Å². The molecule has 5 nitrogen and oxygen atoms in total. The highest BCUT2D eigenvalue weighted by Gasteiger charge is 2.32.